The number of nitrogens with zero attached hydrogens (tertiary/aromatic N) is 2. The Hall–Kier alpha value is -3.68. The quantitative estimate of drug-likeness (QED) is 0.225. The molecular formula is C31H35Br3N2O8. The van der Waals surface area contributed by atoms with Gasteiger partial charge in [-0.05, 0) is 85.1 Å². The lowest BCUT2D eigenvalue weighted by molar-refractivity contribution is 0.0592. The maximum atomic E-state index is 12.4. The van der Waals surface area contributed by atoms with E-state index in [0.717, 1.165) is 17.2 Å². The molecule has 0 spiro atoms. The van der Waals surface area contributed by atoms with Gasteiger partial charge in [0.15, 0.2) is 0 Å². The Morgan fingerprint density at radius 1 is 0.705 bits per heavy atom. The van der Waals surface area contributed by atoms with E-state index in [1.165, 1.54) is 35.5 Å². The van der Waals surface area contributed by atoms with Crippen molar-refractivity contribution in [3.8, 4) is 22.9 Å². The second-order valence-electron chi connectivity index (χ2n) is 9.14. The van der Waals surface area contributed by atoms with Crippen LogP contribution in [-0.4, -0.2) is 45.5 Å². The summed E-state index contributed by atoms with van der Waals surface area (Å²) in [5.41, 5.74) is 3.95. The van der Waals surface area contributed by atoms with Gasteiger partial charge in [-0.25, -0.2) is 9.59 Å². The molecule has 2 heterocycles. The van der Waals surface area contributed by atoms with Crippen LogP contribution in [0.15, 0.2) is 68.7 Å². The largest absolute Gasteiger partial charge is 0.508 e. The topological polar surface area (TPSA) is 137 Å². The van der Waals surface area contributed by atoms with Crippen LogP contribution in [0.4, 0.5) is 0 Å². The molecule has 2 aromatic heterocycles. The Kier molecular flexibility index (Phi) is 15.6. The molecule has 0 atom stereocenters. The third-order valence-corrected chi connectivity index (χ3v) is 7.00. The monoisotopic (exact) mass is 800 g/mol. The van der Waals surface area contributed by atoms with E-state index >= 15 is 0 Å². The predicted molar refractivity (Wildman–Crippen MR) is 184 cm³/mol. The number of esters is 2. The Bertz CT molecular complexity index is 1780. The zero-order valence-electron chi connectivity index (χ0n) is 24.1. The summed E-state index contributed by atoms with van der Waals surface area (Å²) in [5.74, 6) is -1.13. The molecule has 0 fully saturated rings. The number of aryl methyl sites for hydroxylation is 4. The molecule has 4 rings (SSSR count). The number of halogens is 3. The van der Waals surface area contributed by atoms with Gasteiger partial charge >= 0.3 is 11.9 Å². The average molecular weight is 803 g/mol. The third-order valence-electron chi connectivity index (χ3n) is 6.26. The highest BCUT2D eigenvalue weighted by atomic mass is 79.9. The highest BCUT2D eigenvalue weighted by molar-refractivity contribution is 9.10. The highest BCUT2D eigenvalue weighted by Gasteiger charge is 2.16. The average Bonchev–Trinajstić information content (AvgIpc) is 2.92. The normalized spacial score (nSPS) is 9.70. The first-order valence-electron chi connectivity index (χ1n) is 12.2. The van der Waals surface area contributed by atoms with Gasteiger partial charge in [0.2, 0.25) is 0 Å². The summed E-state index contributed by atoms with van der Waals surface area (Å²) in [4.78, 5) is 47.6. The molecule has 13 heteroatoms. The molecule has 0 aliphatic rings. The van der Waals surface area contributed by atoms with Crippen molar-refractivity contribution in [1.29, 1.82) is 0 Å². The lowest BCUT2D eigenvalue weighted by atomic mass is 10.1. The molecule has 0 bridgehead atoms. The van der Waals surface area contributed by atoms with Crippen LogP contribution in [0.25, 0.3) is 11.4 Å². The Morgan fingerprint density at radius 2 is 1.14 bits per heavy atom. The second kappa shape index (κ2) is 17.0. The summed E-state index contributed by atoms with van der Waals surface area (Å²) >= 11 is 3.07. The molecule has 0 radical (unpaired) electrons. The number of benzene rings is 2. The van der Waals surface area contributed by atoms with Crippen molar-refractivity contribution in [3.63, 3.8) is 0 Å². The predicted octanol–water partition coefficient (Wildman–Crippen LogP) is 6.45. The van der Waals surface area contributed by atoms with Crippen LogP contribution in [0.2, 0.25) is 0 Å². The van der Waals surface area contributed by atoms with E-state index in [2.05, 4.69) is 20.7 Å². The molecule has 4 aromatic rings. The summed E-state index contributed by atoms with van der Waals surface area (Å²) in [6, 6.07) is 14.1. The molecule has 44 heavy (non-hydrogen) atoms. The van der Waals surface area contributed by atoms with E-state index in [1.54, 1.807) is 50.2 Å². The van der Waals surface area contributed by atoms with Gasteiger partial charge in [0.1, 0.15) is 16.0 Å². The van der Waals surface area contributed by atoms with E-state index < -0.39 is 17.5 Å². The van der Waals surface area contributed by atoms with Gasteiger partial charge in [-0.15, -0.1) is 34.0 Å². The minimum Gasteiger partial charge on any atom is -0.508 e. The molecule has 0 saturated heterocycles. The lowest BCUT2D eigenvalue weighted by Crippen LogP contribution is -2.22. The van der Waals surface area contributed by atoms with Crippen molar-refractivity contribution in [3.05, 3.63) is 113 Å². The molecule has 0 aliphatic carbocycles. The van der Waals surface area contributed by atoms with Crippen molar-refractivity contribution in [2.75, 3.05) is 14.2 Å². The Balaban J connectivity index is 0.000000788. The fourth-order valence-electron chi connectivity index (χ4n) is 4.18. The first-order chi connectivity index (χ1) is 19.3. The minimum atomic E-state index is -0.472. The second-order valence-corrected chi connectivity index (χ2v) is 9.93. The molecule has 0 unspecified atom stereocenters. The van der Waals surface area contributed by atoms with Crippen LogP contribution in [0.5, 0.6) is 11.5 Å². The van der Waals surface area contributed by atoms with Gasteiger partial charge in [-0.1, -0.05) is 19.6 Å². The number of aromatic nitrogens is 2. The van der Waals surface area contributed by atoms with Crippen molar-refractivity contribution >= 4 is 61.8 Å². The number of methoxy groups -OCH3 is 2. The number of rotatable bonds is 4. The van der Waals surface area contributed by atoms with Gasteiger partial charge in [-0.3, -0.25) is 18.7 Å². The smallest absolute Gasteiger partial charge is 0.337 e. The number of hydrogen-bond acceptors (Lipinski definition) is 8. The zero-order valence-corrected chi connectivity index (χ0v) is 29.1. The molecule has 238 valence electrons. The standard InChI is InChI=1S/C15H14BrNO4.C15H15NO4.CH4.2BrH/c1-8-4-5-10(15(20)21-3)7-11(8)17-9(2)6-12(18)13(16)14(17)19;1-9-4-5-11(15(19)20-3)7-13(9)16-10(2)6-12(17)8-14(16)18;;;/h4-7,18H,1-3H3;4-8,17H,1-3H3;1H4;2*1H. The molecule has 0 amide bonds. The summed E-state index contributed by atoms with van der Waals surface area (Å²) in [7, 11) is 2.61. The molecule has 10 nitrogen and oxygen atoms in total. The summed E-state index contributed by atoms with van der Waals surface area (Å²) in [5, 5.41) is 19.1. The third kappa shape index (κ3) is 8.70. The van der Waals surface area contributed by atoms with E-state index in [4.69, 9.17) is 4.74 Å². The SMILES string of the molecule is Br.Br.C.COC(=O)c1ccc(C)c(-n2c(C)cc(O)c(Br)c2=O)c1.COC(=O)c1ccc(C)c(-n2c(C)cc(O)cc2=O)c1. The maximum absolute atomic E-state index is 12.4. The van der Waals surface area contributed by atoms with Gasteiger partial charge in [0.05, 0.1) is 36.7 Å². The fraction of sp³-hybridized carbons (Fsp3) is 0.226. The highest BCUT2D eigenvalue weighted by Crippen LogP contribution is 2.24. The van der Waals surface area contributed by atoms with Crippen LogP contribution in [0, 0.1) is 27.7 Å². The van der Waals surface area contributed by atoms with E-state index in [-0.39, 0.29) is 62.9 Å². The molecule has 2 N–H and O–H groups in total. The first kappa shape index (κ1) is 40.3. The van der Waals surface area contributed by atoms with Crippen molar-refractivity contribution < 1.29 is 29.3 Å². The summed E-state index contributed by atoms with van der Waals surface area (Å²) < 4.78 is 12.3. The summed E-state index contributed by atoms with van der Waals surface area (Å²) in [6.07, 6.45) is 0. The van der Waals surface area contributed by atoms with E-state index in [0.29, 0.717) is 33.9 Å². The van der Waals surface area contributed by atoms with Gasteiger partial charge in [0, 0.05) is 23.5 Å². The zero-order chi connectivity index (χ0) is 30.6. The number of carbonyl (C=O) groups is 2. The number of carbonyl (C=O) groups excluding carboxylic acids is 2. The number of pyridine rings is 2. The molecule has 0 aliphatic heterocycles. The number of ether oxygens (including phenoxy) is 2. The Morgan fingerprint density at radius 3 is 1.57 bits per heavy atom. The van der Waals surface area contributed by atoms with E-state index in [9.17, 15) is 29.4 Å². The van der Waals surface area contributed by atoms with Gasteiger partial charge < -0.3 is 19.7 Å². The Labute approximate surface area is 284 Å². The fourth-order valence-corrected chi connectivity index (χ4v) is 4.47. The minimum absolute atomic E-state index is 0. The first-order valence-corrected chi connectivity index (χ1v) is 13.0. The van der Waals surface area contributed by atoms with Gasteiger partial charge in [-0.2, -0.15) is 0 Å². The molecule has 2 aromatic carbocycles. The maximum Gasteiger partial charge on any atom is 0.337 e. The molecule has 0 saturated carbocycles. The van der Waals surface area contributed by atoms with Crippen LogP contribution < -0.4 is 11.1 Å². The van der Waals surface area contributed by atoms with Crippen molar-refractivity contribution in [2.45, 2.75) is 35.1 Å². The van der Waals surface area contributed by atoms with Crippen LogP contribution in [0.3, 0.4) is 0 Å². The molecular weight excluding hydrogens is 768 g/mol. The van der Waals surface area contributed by atoms with Crippen LogP contribution in [0.1, 0.15) is 50.7 Å². The number of hydrogen-bond donors (Lipinski definition) is 2. The summed E-state index contributed by atoms with van der Waals surface area (Å²) in [6.45, 7) is 7.10. The van der Waals surface area contributed by atoms with Crippen molar-refractivity contribution in [1.82, 2.24) is 9.13 Å². The van der Waals surface area contributed by atoms with E-state index in [1.807, 2.05) is 13.8 Å². The lowest BCUT2D eigenvalue weighted by Gasteiger charge is -2.15. The number of aromatic hydroxyl groups is 2. The van der Waals surface area contributed by atoms with Gasteiger partial charge in [0.25, 0.3) is 11.1 Å². The van der Waals surface area contributed by atoms with Crippen LogP contribution >= 0.6 is 49.9 Å². The van der Waals surface area contributed by atoms with Crippen LogP contribution in [-0.2, 0) is 9.47 Å². The van der Waals surface area contributed by atoms with Crippen molar-refractivity contribution in [2.24, 2.45) is 0 Å².